The van der Waals surface area contributed by atoms with Crippen LogP contribution in [-0.2, 0) is 6.42 Å². The molecule has 1 aliphatic rings. The molecule has 2 aromatic rings. The fourth-order valence-corrected chi connectivity index (χ4v) is 2.20. The maximum atomic E-state index is 5.83. The minimum Gasteiger partial charge on any atom is -0.454 e. The van der Waals surface area contributed by atoms with Gasteiger partial charge < -0.3 is 9.47 Å². The summed E-state index contributed by atoms with van der Waals surface area (Å²) in [5, 5.41) is 0.677. The summed E-state index contributed by atoms with van der Waals surface area (Å²) in [5.41, 5.74) is 1.01. The summed E-state index contributed by atoms with van der Waals surface area (Å²) >= 11 is 11.7. The van der Waals surface area contributed by atoms with E-state index in [2.05, 4.69) is 9.97 Å². The third-order valence-corrected chi connectivity index (χ3v) is 2.90. The van der Waals surface area contributed by atoms with Crippen LogP contribution in [-0.4, -0.2) is 16.8 Å². The first-order chi connectivity index (χ1) is 8.70. The van der Waals surface area contributed by atoms with Crippen LogP contribution in [0.2, 0.25) is 10.3 Å². The van der Waals surface area contributed by atoms with E-state index >= 15 is 0 Å². The highest BCUT2D eigenvalue weighted by Gasteiger charge is 2.14. The van der Waals surface area contributed by atoms with Crippen LogP contribution < -0.4 is 9.47 Å². The summed E-state index contributed by atoms with van der Waals surface area (Å²) < 4.78 is 10.6. The molecule has 6 heteroatoms. The van der Waals surface area contributed by atoms with Crippen LogP contribution >= 0.6 is 23.2 Å². The van der Waals surface area contributed by atoms with Crippen molar-refractivity contribution in [3.05, 3.63) is 46.0 Å². The van der Waals surface area contributed by atoms with Gasteiger partial charge in [-0.3, -0.25) is 0 Å². The topological polar surface area (TPSA) is 44.2 Å². The SMILES string of the molecule is Clc1cc(Cl)nc(Cc2ccc3c(c2)OCO3)n1. The molecule has 4 nitrogen and oxygen atoms in total. The lowest BCUT2D eigenvalue weighted by Gasteiger charge is -2.03. The van der Waals surface area contributed by atoms with Gasteiger partial charge in [0.15, 0.2) is 11.5 Å². The predicted molar refractivity (Wildman–Crippen MR) is 67.4 cm³/mol. The van der Waals surface area contributed by atoms with E-state index in [-0.39, 0.29) is 6.79 Å². The molecular formula is C12H8Cl2N2O2. The van der Waals surface area contributed by atoms with E-state index in [0.29, 0.717) is 22.6 Å². The van der Waals surface area contributed by atoms with E-state index in [4.69, 9.17) is 32.7 Å². The van der Waals surface area contributed by atoms with Crippen molar-refractivity contribution in [1.29, 1.82) is 0 Å². The van der Waals surface area contributed by atoms with Crippen molar-refractivity contribution in [1.82, 2.24) is 9.97 Å². The molecule has 1 aromatic heterocycles. The van der Waals surface area contributed by atoms with Crippen molar-refractivity contribution < 1.29 is 9.47 Å². The number of rotatable bonds is 2. The van der Waals surface area contributed by atoms with Crippen molar-refractivity contribution in [2.45, 2.75) is 6.42 Å². The highest BCUT2D eigenvalue weighted by atomic mass is 35.5. The fourth-order valence-electron chi connectivity index (χ4n) is 1.75. The Hall–Kier alpha value is -1.52. The summed E-state index contributed by atoms with van der Waals surface area (Å²) in [4.78, 5) is 8.24. The van der Waals surface area contributed by atoms with E-state index in [1.807, 2.05) is 18.2 Å². The second-order valence-electron chi connectivity index (χ2n) is 3.79. The van der Waals surface area contributed by atoms with Crippen molar-refractivity contribution >= 4 is 23.2 Å². The average Bonchev–Trinajstić information content (AvgIpc) is 2.74. The van der Waals surface area contributed by atoms with Crippen LogP contribution in [0.4, 0.5) is 0 Å². The number of aromatic nitrogens is 2. The van der Waals surface area contributed by atoms with Crippen LogP contribution in [0, 0.1) is 0 Å². The monoisotopic (exact) mass is 282 g/mol. The highest BCUT2D eigenvalue weighted by molar-refractivity contribution is 6.33. The molecule has 0 N–H and O–H groups in total. The number of hydrogen-bond acceptors (Lipinski definition) is 4. The molecule has 0 saturated carbocycles. The van der Waals surface area contributed by atoms with Crippen molar-refractivity contribution in [2.75, 3.05) is 6.79 Å². The Balaban J connectivity index is 1.88. The van der Waals surface area contributed by atoms with Gasteiger partial charge in [0.1, 0.15) is 16.1 Å². The fraction of sp³-hybridized carbons (Fsp3) is 0.167. The van der Waals surface area contributed by atoms with Crippen LogP contribution in [0.15, 0.2) is 24.3 Å². The molecule has 92 valence electrons. The molecule has 2 heterocycles. The Bertz CT molecular complexity index is 584. The zero-order valence-electron chi connectivity index (χ0n) is 9.19. The third-order valence-electron chi connectivity index (χ3n) is 2.51. The van der Waals surface area contributed by atoms with Gasteiger partial charge >= 0.3 is 0 Å². The molecule has 3 rings (SSSR count). The lowest BCUT2D eigenvalue weighted by atomic mass is 10.1. The quantitative estimate of drug-likeness (QED) is 0.794. The molecule has 0 atom stereocenters. The Morgan fingerprint density at radius 1 is 1.00 bits per heavy atom. The zero-order valence-corrected chi connectivity index (χ0v) is 10.7. The van der Waals surface area contributed by atoms with Gasteiger partial charge in [0.05, 0.1) is 0 Å². The molecule has 1 aliphatic heterocycles. The first-order valence-electron chi connectivity index (χ1n) is 5.28. The number of nitrogens with zero attached hydrogens (tertiary/aromatic N) is 2. The standard InChI is InChI=1S/C12H8Cl2N2O2/c13-10-5-11(14)16-12(15-10)4-7-1-2-8-9(3-7)18-6-17-8/h1-3,5H,4,6H2. The Morgan fingerprint density at radius 2 is 1.72 bits per heavy atom. The number of fused-ring (bicyclic) bond motifs is 1. The maximum absolute atomic E-state index is 5.83. The molecule has 0 unspecified atom stereocenters. The van der Waals surface area contributed by atoms with Gasteiger partial charge in [-0.2, -0.15) is 0 Å². The van der Waals surface area contributed by atoms with Crippen molar-refractivity contribution in [3.63, 3.8) is 0 Å². The second kappa shape index (κ2) is 4.63. The summed E-state index contributed by atoms with van der Waals surface area (Å²) in [7, 11) is 0. The van der Waals surface area contributed by atoms with E-state index < -0.39 is 0 Å². The van der Waals surface area contributed by atoms with Gasteiger partial charge in [0.2, 0.25) is 6.79 Å². The molecule has 18 heavy (non-hydrogen) atoms. The van der Waals surface area contributed by atoms with Gasteiger partial charge in [0, 0.05) is 12.5 Å². The molecule has 0 fully saturated rings. The molecule has 0 saturated heterocycles. The molecule has 0 radical (unpaired) electrons. The van der Waals surface area contributed by atoms with E-state index in [0.717, 1.165) is 17.1 Å². The maximum Gasteiger partial charge on any atom is 0.231 e. The van der Waals surface area contributed by atoms with Crippen LogP contribution in [0.5, 0.6) is 11.5 Å². The second-order valence-corrected chi connectivity index (χ2v) is 4.57. The molecule has 0 bridgehead atoms. The summed E-state index contributed by atoms with van der Waals surface area (Å²) in [6.07, 6.45) is 0.539. The van der Waals surface area contributed by atoms with Crippen molar-refractivity contribution in [3.8, 4) is 11.5 Å². The van der Waals surface area contributed by atoms with Crippen LogP contribution in [0.3, 0.4) is 0 Å². The van der Waals surface area contributed by atoms with Gasteiger partial charge in [-0.05, 0) is 17.7 Å². The Kier molecular flexibility index (Phi) is 2.97. The Morgan fingerprint density at radius 3 is 2.50 bits per heavy atom. The van der Waals surface area contributed by atoms with Gasteiger partial charge in [-0.25, -0.2) is 9.97 Å². The predicted octanol–water partition coefficient (Wildman–Crippen LogP) is 3.10. The minimum atomic E-state index is 0.262. The lowest BCUT2D eigenvalue weighted by molar-refractivity contribution is 0.174. The third kappa shape index (κ3) is 2.35. The van der Waals surface area contributed by atoms with Crippen molar-refractivity contribution in [2.24, 2.45) is 0 Å². The minimum absolute atomic E-state index is 0.262. The highest BCUT2D eigenvalue weighted by Crippen LogP contribution is 2.32. The lowest BCUT2D eigenvalue weighted by Crippen LogP contribution is -1.97. The zero-order chi connectivity index (χ0) is 12.5. The smallest absolute Gasteiger partial charge is 0.231 e. The molecular weight excluding hydrogens is 275 g/mol. The largest absolute Gasteiger partial charge is 0.454 e. The number of halogens is 2. The average molecular weight is 283 g/mol. The molecule has 0 aliphatic carbocycles. The summed E-state index contributed by atoms with van der Waals surface area (Å²) in [5.74, 6) is 2.07. The molecule has 0 amide bonds. The molecule has 0 spiro atoms. The molecule has 1 aromatic carbocycles. The first-order valence-corrected chi connectivity index (χ1v) is 6.04. The van der Waals surface area contributed by atoms with Gasteiger partial charge in [-0.15, -0.1) is 0 Å². The number of hydrogen-bond donors (Lipinski definition) is 0. The Labute approximate surface area is 113 Å². The van der Waals surface area contributed by atoms with E-state index in [1.54, 1.807) is 0 Å². The van der Waals surface area contributed by atoms with Gasteiger partial charge in [0.25, 0.3) is 0 Å². The van der Waals surface area contributed by atoms with E-state index in [1.165, 1.54) is 6.07 Å². The number of benzene rings is 1. The normalized spacial score (nSPS) is 12.8. The van der Waals surface area contributed by atoms with E-state index in [9.17, 15) is 0 Å². The summed E-state index contributed by atoms with van der Waals surface area (Å²) in [6, 6.07) is 7.21. The van der Waals surface area contributed by atoms with Crippen LogP contribution in [0.1, 0.15) is 11.4 Å². The van der Waals surface area contributed by atoms with Crippen LogP contribution in [0.25, 0.3) is 0 Å². The first kappa shape index (κ1) is 11.6. The van der Waals surface area contributed by atoms with Gasteiger partial charge in [-0.1, -0.05) is 29.3 Å². The number of ether oxygens (including phenoxy) is 2. The summed E-state index contributed by atoms with van der Waals surface area (Å²) in [6.45, 7) is 0.262.